The largest absolute Gasteiger partial charge is 0.480 e. The molecule has 0 radical (unpaired) electrons. The van der Waals surface area contributed by atoms with Crippen LogP contribution in [0, 0.1) is 0 Å². The van der Waals surface area contributed by atoms with Gasteiger partial charge in [-0.3, -0.25) is 9.62 Å². The minimum absolute atomic E-state index is 0.0453. The number of unbranched alkanes of at least 4 members (excludes halogenated alkanes) is 1. The monoisotopic (exact) mass is 500 g/mol. The lowest BCUT2D eigenvalue weighted by atomic mass is 10.0. The summed E-state index contributed by atoms with van der Waals surface area (Å²) in [5.41, 5.74) is 2.76. The molecule has 4 rings (SSSR count). The second kappa shape index (κ2) is 11.6. The number of ether oxygens (including phenoxy) is 2. The van der Waals surface area contributed by atoms with E-state index in [4.69, 9.17) is 9.47 Å². The number of hydrogen-bond donors (Lipinski definition) is 2. The zero-order valence-electron chi connectivity index (χ0n) is 20.2. The highest BCUT2D eigenvalue weighted by molar-refractivity contribution is 7.92. The van der Waals surface area contributed by atoms with E-state index >= 15 is 0 Å². The van der Waals surface area contributed by atoms with Gasteiger partial charge in [0.25, 0.3) is 0 Å². The van der Waals surface area contributed by atoms with Gasteiger partial charge in [0.05, 0.1) is 31.6 Å². The molecule has 2 aromatic heterocycles. The highest BCUT2D eigenvalue weighted by Crippen LogP contribution is 2.31. The van der Waals surface area contributed by atoms with Crippen LogP contribution in [0.1, 0.15) is 19.8 Å². The first-order valence-corrected chi connectivity index (χ1v) is 13.5. The third-order valence-corrected chi connectivity index (χ3v) is 7.23. The molecule has 3 aromatic rings. The fourth-order valence-electron chi connectivity index (χ4n) is 3.93. The maximum Gasteiger partial charge on any atom is 0.238 e. The van der Waals surface area contributed by atoms with Crippen LogP contribution < -0.4 is 14.8 Å². The summed E-state index contributed by atoms with van der Waals surface area (Å²) in [5, 5.41) is 4.32. The van der Waals surface area contributed by atoms with Crippen molar-refractivity contribution in [2.45, 2.75) is 19.8 Å². The number of hydrogen-bond acceptors (Lipinski definition) is 9. The normalized spacial score (nSPS) is 14.7. The van der Waals surface area contributed by atoms with Crippen molar-refractivity contribution in [1.82, 2.24) is 19.9 Å². The standard InChI is InChI=1S/C24H32N6O4S/c1-3-4-13-35(31,32)29-22-15-19(16-26-24(22)33-2)18-5-6-21-20(14-18)23(28-17-27-21)25-7-8-30-9-11-34-12-10-30/h5-6,14-17,29H,3-4,7-13H2,1-2H3,(H,25,27,28). The molecule has 3 heterocycles. The first-order chi connectivity index (χ1) is 17.0. The first-order valence-electron chi connectivity index (χ1n) is 11.8. The van der Waals surface area contributed by atoms with E-state index in [2.05, 4.69) is 29.9 Å². The second-order valence-electron chi connectivity index (χ2n) is 8.39. The highest BCUT2D eigenvalue weighted by atomic mass is 32.2. The van der Waals surface area contributed by atoms with Gasteiger partial charge in [0.2, 0.25) is 15.9 Å². The molecule has 0 amide bonds. The molecular formula is C24H32N6O4S. The average Bonchev–Trinajstić information content (AvgIpc) is 2.88. The number of sulfonamides is 1. The van der Waals surface area contributed by atoms with Crippen molar-refractivity contribution in [3.63, 3.8) is 0 Å². The van der Waals surface area contributed by atoms with Gasteiger partial charge < -0.3 is 14.8 Å². The molecule has 0 saturated carbocycles. The van der Waals surface area contributed by atoms with Gasteiger partial charge >= 0.3 is 0 Å². The molecule has 10 nitrogen and oxygen atoms in total. The van der Waals surface area contributed by atoms with Crippen LogP contribution in [-0.4, -0.2) is 80.5 Å². The maximum absolute atomic E-state index is 12.5. The van der Waals surface area contributed by atoms with Crippen LogP contribution in [0.5, 0.6) is 5.88 Å². The van der Waals surface area contributed by atoms with Crippen LogP contribution in [0.4, 0.5) is 11.5 Å². The summed E-state index contributed by atoms with van der Waals surface area (Å²) in [5.74, 6) is 1.03. The summed E-state index contributed by atoms with van der Waals surface area (Å²) in [6.07, 6.45) is 4.59. The van der Waals surface area contributed by atoms with Crippen LogP contribution in [0.3, 0.4) is 0 Å². The number of nitrogens with one attached hydrogen (secondary N) is 2. The number of pyridine rings is 1. The summed E-state index contributed by atoms with van der Waals surface area (Å²) < 4.78 is 38.3. The van der Waals surface area contributed by atoms with Crippen LogP contribution in [0.15, 0.2) is 36.8 Å². The lowest BCUT2D eigenvalue weighted by molar-refractivity contribution is 0.0398. The van der Waals surface area contributed by atoms with Crippen LogP contribution in [0.25, 0.3) is 22.0 Å². The first kappa shape index (κ1) is 25.1. The van der Waals surface area contributed by atoms with E-state index in [1.54, 1.807) is 18.6 Å². The van der Waals surface area contributed by atoms with Gasteiger partial charge in [0.15, 0.2) is 0 Å². The molecule has 35 heavy (non-hydrogen) atoms. The van der Waals surface area contributed by atoms with Gasteiger partial charge in [-0.2, -0.15) is 0 Å². The number of fused-ring (bicyclic) bond motifs is 1. The molecule has 0 atom stereocenters. The van der Waals surface area contributed by atoms with E-state index in [0.29, 0.717) is 12.1 Å². The van der Waals surface area contributed by atoms with Gasteiger partial charge in [-0.05, 0) is 30.2 Å². The van der Waals surface area contributed by atoms with Gasteiger partial charge in [-0.15, -0.1) is 0 Å². The predicted octanol–water partition coefficient (Wildman–Crippen LogP) is 2.99. The molecule has 2 N–H and O–H groups in total. The quantitative estimate of drug-likeness (QED) is 0.409. The number of aromatic nitrogens is 3. The van der Waals surface area contributed by atoms with Crippen LogP contribution >= 0.6 is 0 Å². The Bertz CT molecular complexity index is 1250. The number of nitrogens with zero attached hydrogens (tertiary/aromatic N) is 4. The zero-order chi connectivity index (χ0) is 24.7. The predicted molar refractivity (Wildman–Crippen MR) is 137 cm³/mol. The summed E-state index contributed by atoms with van der Waals surface area (Å²) >= 11 is 0. The van der Waals surface area contributed by atoms with E-state index in [0.717, 1.165) is 73.7 Å². The smallest absolute Gasteiger partial charge is 0.238 e. The Hall–Kier alpha value is -3.02. The lowest BCUT2D eigenvalue weighted by Crippen LogP contribution is -2.39. The fourth-order valence-corrected chi connectivity index (χ4v) is 5.19. The van der Waals surface area contributed by atoms with E-state index in [1.807, 2.05) is 25.1 Å². The molecule has 0 bridgehead atoms. The topological polar surface area (TPSA) is 119 Å². The summed E-state index contributed by atoms with van der Waals surface area (Å²) in [6.45, 7) is 7.02. The van der Waals surface area contributed by atoms with E-state index < -0.39 is 10.0 Å². The van der Waals surface area contributed by atoms with Gasteiger partial charge in [0.1, 0.15) is 17.8 Å². The Morgan fingerprint density at radius 2 is 1.94 bits per heavy atom. The van der Waals surface area contributed by atoms with Gasteiger partial charge in [0, 0.05) is 43.3 Å². The van der Waals surface area contributed by atoms with Crippen molar-refractivity contribution in [2.75, 3.05) is 62.3 Å². The number of anilines is 2. The zero-order valence-corrected chi connectivity index (χ0v) is 21.0. The lowest BCUT2D eigenvalue weighted by Gasteiger charge is -2.26. The third-order valence-electron chi connectivity index (χ3n) is 5.87. The van der Waals surface area contributed by atoms with Crippen molar-refractivity contribution < 1.29 is 17.9 Å². The number of morpholine rings is 1. The Kier molecular flexibility index (Phi) is 8.32. The fraction of sp³-hybridized carbons (Fsp3) is 0.458. The highest BCUT2D eigenvalue weighted by Gasteiger charge is 2.16. The Labute approximate surface area is 206 Å². The van der Waals surface area contributed by atoms with Crippen LogP contribution in [-0.2, 0) is 14.8 Å². The minimum Gasteiger partial charge on any atom is -0.480 e. The van der Waals surface area contributed by atoms with Gasteiger partial charge in [-0.1, -0.05) is 19.4 Å². The SMILES string of the molecule is CCCCS(=O)(=O)Nc1cc(-c2ccc3ncnc(NCCN4CCOCC4)c3c2)cnc1OC. The summed E-state index contributed by atoms with van der Waals surface area (Å²) in [7, 11) is -2.03. The number of rotatable bonds is 11. The molecule has 188 valence electrons. The van der Waals surface area contributed by atoms with E-state index in [-0.39, 0.29) is 11.6 Å². The van der Waals surface area contributed by atoms with E-state index in [9.17, 15) is 8.42 Å². The van der Waals surface area contributed by atoms with Crippen molar-refractivity contribution in [2.24, 2.45) is 0 Å². The molecule has 1 aliphatic heterocycles. The van der Waals surface area contributed by atoms with Gasteiger partial charge in [-0.25, -0.2) is 23.4 Å². The molecule has 0 aliphatic carbocycles. The molecule has 1 aliphatic rings. The Morgan fingerprint density at radius 3 is 2.71 bits per heavy atom. The van der Waals surface area contributed by atoms with E-state index in [1.165, 1.54) is 7.11 Å². The Balaban J connectivity index is 1.57. The maximum atomic E-state index is 12.5. The third kappa shape index (κ3) is 6.56. The van der Waals surface area contributed by atoms with Crippen molar-refractivity contribution >= 4 is 32.4 Å². The summed E-state index contributed by atoms with van der Waals surface area (Å²) in [6, 6.07) is 7.59. The molecule has 0 unspecified atom stereocenters. The van der Waals surface area contributed by atoms with Crippen LogP contribution in [0.2, 0.25) is 0 Å². The number of benzene rings is 1. The molecular weight excluding hydrogens is 468 g/mol. The Morgan fingerprint density at radius 1 is 1.11 bits per heavy atom. The molecule has 1 fully saturated rings. The second-order valence-corrected chi connectivity index (χ2v) is 10.2. The minimum atomic E-state index is -3.50. The van der Waals surface area contributed by atoms with Crippen molar-refractivity contribution in [3.05, 3.63) is 36.8 Å². The number of methoxy groups -OCH3 is 1. The molecule has 1 saturated heterocycles. The van der Waals surface area contributed by atoms with Crippen molar-refractivity contribution in [3.8, 4) is 17.0 Å². The van der Waals surface area contributed by atoms with Crippen molar-refractivity contribution in [1.29, 1.82) is 0 Å². The molecule has 1 aromatic carbocycles. The average molecular weight is 501 g/mol. The summed E-state index contributed by atoms with van der Waals surface area (Å²) in [4.78, 5) is 15.5. The molecule has 0 spiro atoms. The molecule has 11 heteroatoms.